The lowest BCUT2D eigenvalue weighted by Gasteiger charge is -2.40. The van der Waals surface area contributed by atoms with Crippen LogP contribution in [0.1, 0.15) is 29.1 Å². The first-order valence-electron chi connectivity index (χ1n) is 21.2. The third-order valence-electron chi connectivity index (χ3n) is 11.8. The summed E-state index contributed by atoms with van der Waals surface area (Å²) in [6, 6.07) is 59.1. The summed E-state index contributed by atoms with van der Waals surface area (Å²) in [7, 11) is 0. The average molecular weight is 704 g/mol. The second kappa shape index (κ2) is 11.4. The normalized spacial score (nSPS) is 14.5. The zero-order valence-electron chi connectivity index (χ0n) is 34.6. The molecule has 12 rings (SSSR count). The van der Waals surface area contributed by atoms with E-state index in [4.69, 9.17) is 0 Å². The zero-order valence-corrected chi connectivity index (χ0v) is 29.6. The number of aromatic nitrogens is 1. The van der Waals surface area contributed by atoms with Gasteiger partial charge in [0.1, 0.15) is 0 Å². The molecule has 1 heterocycles. The molecule has 55 heavy (non-hydrogen) atoms. The Balaban J connectivity index is 1.24. The van der Waals surface area contributed by atoms with Crippen molar-refractivity contribution in [1.29, 1.82) is 0 Å². The molecular weight excluding hydrogens is 665 g/mol. The van der Waals surface area contributed by atoms with Gasteiger partial charge in [0.15, 0.2) is 0 Å². The predicted molar refractivity (Wildman–Crippen MR) is 229 cm³/mol. The van der Waals surface area contributed by atoms with Crippen LogP contribution in [0, 0.1) is 0 Å². The van der Waals surface area contributed by atoms with Crippen molar-refractivity contribution in [3.05, 3.63) is 228 Å². The lowest BCUT2D eigenvalue weighted by Crippen LogP contribution is -2.32. The highest BCUT2D eigenvalue weighted by Gasteiger charge is 2.50. The Hall–Kier alpha value is -7.16. The molecule has 1 spiro atoms. The molecule has 2 aliphatic rings. The van der Waals surface area contributed by atoms with Gasteiger partial charge in [0.2, 0.25) is 0 Å². The van der Waals surface area contributed by atoms with Crippen molar-refractivity contribution < 1.29 is 6.85 Å². The summed E-state index contributed by atoms with van der Waals surface area (Å²) < 4.78 is 51.6. The number of rotatable bonds is 4. The van der Waals surface area contributed by atoms with Gasteiger partial charge in [-0.1, -0.05) is 152 Å². The molecule has 0 radical (unpaired) electrons. The highest BCUT2D eigenvalue weighted by Crippen LogP contribution is 2.62. The topological polar surface area (TPSA) is 8.17 Å². The number of benzene rings is 9. The van der Waals surface area contributed by atoms with Crippen molar-refractivity contribution >= 4 is 49.6 Å². The maximum Gasteiger partial charge on any atom is 0.0725 e. The number of nitrogens with zero attached hydrogens (tertiary/aromatic N) is 2. The Morgan fingerprint density at radius 2 is 1.00 bits per heavy atom. The third-order valence-corrected chi connectivity index (χ3v) is 11.8. The molecular formula is C53H34N2. The molecule has 0 fully saturated rings. The van der Waals surface area contributed by atoms with E-state index in [1.54, 1.807) is 0 Å². The van der Waals surface area contributed by atoms with Crippen LogP contribution in [0.25, 0.3) is 60.5 Å². The summed E-state index contributed by atoms with van der Waals surface area (Å²) in [5.74, 6) is 0. The second-order valence-electron chi connectivity index (χ2n) is 14.4. The average Bonchev–Trinajstić information content (AvgIpc) is 3.78. The minimum atomic E-state index is -1.02. The van der Waals surface area contributed by atoms with Gasteiger partial charge < -0.3 is 9.47 Å². The van der Waals surface area contributed by atoms with Gasteiger partial charge in [0, 0.05) is 33.2 Å². The van der Waals surface area contributed by atoms with Gasteiger partial charge in [0.25, 0.3) is 0 Å². The molecule has 0 saturated heterocycles. The first-order valence-corrected chi connectivity index (χ1v) is 18.7. The highest BCUT2D eigenvalue weighted by molar-refractivity contribution is 6.14. The van der Waals surface area contributed by atoms with Crippen LogP contribution >= 0.6 is 0 Å². The van der Waals surface area contributed by atoms with Crippen LogP contribution in [-0.2, 0) is 5.41 Å². The van der Waals surface area contributed by atoms with Crippen LogP contribution in [0.2, 0.25) is 0 Å². The summed E-state index contributed by atoms with van der Waals surface area (Å²) in [6.07, 6.45) is 0. The van der Waals surface area contributed by atoms with Crippen molar-refractivity contribution in [3.8, 4) is 27.9 Å². The van der Waals surface area contributed by atoms with Crippen molar-refractivity contribution in [1.82, 2.24) is 4.57 Å². The molecule has 0 unspecified atom stereocenters. The Morgan fingerprint density at radius 1 is 0.418 bits per heavy atom. The minimum Gasteiger partial charge on any atom is -0.310 e. The Morgan fingerprint density at radius 3 is 1.71 bits per heavy atom. The Labute approximate surface area is 326 Å². The van der Waals surface area contributed by atoms with Crippen LogP contribution in [0.15, 0.2) is 206 Å². The van der Waals surface area contributed by atoms with Crippen molar-refractivity contribution in [2.75, 3.05) is 4.90 Å². The number of hydrogen-bond donors (Lipinski definition) is 0. The monoisotopic (exact) mass is 703 g/mol. The standard InChI is InChI=1S/C53H34N2/c1-3-16-35(17-4-1)54(37-30-32-51-44(34-37)41-23-10-14-29-49(41)55(51)36-18-5-2-6-19-36)50-33-31-48-52-42(24-15-25-43(50)52)40-22-9-13-28-47(40)53(48)45-26-11-7-20-38(45)39-21-8-12-27-46(39)53/h1-34H/i15D,24D,25D,31D,33D. The Kier molecular flexibility index (Phi) is 5.35. The van der Waals surface area contributed by atoms with Gasteiger partial charge in [-0.15, -0.1) is 0 Å². The first kappa shape index (κ1) is 25.8. The van der Waals surface area contributed by atoms with Crippen LogP contribution in [0.3, 0.4) is 0 Å². The molecule has 0 amide bonds. The van der Waals surface area contributed by atoms with Crippen LogP contribution in [-0.4, -0.2) is 4.57 Å². The molecule has 10 aromatic rings. The largest absolute Gasteiger partial charge is 0.310 e. The van der Waals surface area contributed by atoms with E-state index in [1.165, 1.54) is 0 Å². The van der Waals surface area contributed by atoms with Gasteiger partial charge in [-0.25, -0.2) is 0 Å². The molecule has 1 aromatic heterocycles. The smallest absolute Gasteiger partial charge is 0.0725 e. The van der Waals surface area contributed by atoms with E-state index < -0.39 is 5.41 Å². The van der Waals surface area contributed by atoms with E-state index in [9.17, 15) is 6.85 Å². The van der Waals surface area contributed by atoms with Gasteiger partial charge in [-0.3, -0.25) is 0 Å². The fourth-order valence-corrected chi connectivity index (χ4v) is 9.63. The quantitative estimate of drug-likeness (QED) is 0.177. The van der Waals surface area contributed by atoms with Gasteiger partial charge >= 0.3 is 0 Å². The van der Waals surface area contributed by atoms with Crippen molar-refractivity contribution in [2.45, 2.75) is 5.41 Å². The molecule has 0 bridgehead atoms. The lowest BCUT2D eigenvalue weighted by atomic mass is 9.61. The fraction of sp³-hybridized carbons (Fsp3) is 0.0189. The lowest BCUT2D eigenvalue weighted by molar-refractivity contribution is 0.773. The van der Waals surface area contributed by atoms with E-state index in [0.29, 0.717) is 27.6 Å². The van der Waals surface area contributed by atoms with Crippen LogP contribution < -0.4 is 4.90 Å². The van der Waals surface area contributed by atoms with E-state index in [2.05, 4.69) is 77.4 Å². The second-order valence-corrected chi connectivity index (χ2v) is 14.4. The zero-order chi connectivity index (χ0) is 40.4. The molecule has 0 saturated carbocycles. The molecule has 0 aliphatic heterocycles. The van der Waals surface area contributed by atoms with Gasteiger partial charge in [-0.2, -0.15) is 0 Å². The summed E-state index contributed by atoms with van der Waals surface area (Å²) in [4.78, 5) is 1.99. The number of anilines is 3. The molecule has 2 heteroatoms. The highest BCUT2D eigenvalue weighted by atomic mass is 15.1. The van der Waals surface area contributed by atoms with Crippen molar-refractivity contribution in [2.24, 2.45) is 0 Å². The van der Waals surface area contributed by atoms with Crippen LogP contribution in [0.4, 0.5) is 17.1 Å². The maximum atomic E-state index is 10.3. The van der Waals surface area contributed by atoms with E-state index in [1.807, 2.05) is 108 Å². The third kappa shape index (κ3) is 4.03. The maximum absolute atomic E-state index is 10.3. The van der Waals surface area contributed by atoms with Crippen molar-refractivity contribution in [3.63, 3.8) is 0 Å². The first-order chi connectivity index (χ1) is 29.4. The number of hydrogen-bond acceptors (Lipinski definition) is 1. The summed E-state index contributed by atoms with van der Waals surface area (Å²) in [5.41, 5.74) is 10.9. The summed E-state index contributed by atoms with van der Waals surface area (Å²) in [6.45, 7) is 0. The van der Waals surface area contributed by atoms with Crippen LogP contribution in [0.5, 0.6) is 0 Å². The molecule has 0 atom stereocenters. The van der Waals surface area contributed by atoms with Gasteiger partial charge in [-0.05, 0) is 104 Å². The summed E-state index contributed by atoms with van der Waals surface area (Å²) >= 11 is 0. The summed E-state index contributed by atoms with van der Waals surface area (Å²) in [5, 5.41) is 3.04. The Bertz CT molecular complexity index is 3400. The SMILES string of the molecule is [2H]c1c([2H])c2c3c(c([2H])c([2H])c(N(c4ccccc4)c4ccc5c(c4)c4ccccc4n5-c4ccccc4)c3c1[2H])C1(c3ccccc3-c3ccccc31)c1ccccc1-2. The van der Waals surface area contributed by atoms with E-state index in [-0.39, 0.29) is 30.2 Å². The molecule has 0 N–H and O–H groups in total. The predicted octanol–water partition coefficient (Wildman–Crippen LogP) is 13.8. The van der Waals surface area contributed by atoms with E-state index >= 15 is 0 Å². The fourth-order valence-electron chi connectivity index (χ4n) is 9.63. The minimum absolute atomic E-state index is 0.0268. The van der Waals surface area contributed by atoms with E-state index in [0.717, 1.165) is 72.2 Å². The molecule has 256 valence electrons. The molecule has 2 nitrogen and oxygen atoms in total. The van der Waals surface area contributed by atoms with Gasteiger partial charge in [0.05, 0.1) is 29.0 Å². The molecule has 2 aliphatic carbocycles. The molecule has 9 aromatic carbocycles. The number of fused-ring (bicyclic) bond motifs is 12. The number of para-hydroxylation sites is 3.